The maximum Gasteiger partial charge on any atom is 0.434 e. The summed E-state index contributed by atoms with van der Waals surface area (Å²) in [5.74, 6) is -2.78. The highest BCUT2D eigenvalue weighted by Crippen LogP contribution is 2.58. The third-order valence-corrected chi connectivity index (χ3v) is 10.2. The summed E-state index contributed by atoms with van der Waals surface area (Å²) in [7, 11) is 0. The van der Waals surface area contributed by atoms with Crippen molar-refractivity contribution in [3.05, 3.63) is 46.8 Å². The van der Waals surface area contributed by atoms with Crippen molar-refractivity contribution in [3.8, 4) is 0 Å². The van der Waals surface area contributed by atoms with Gasteiger partial charge in [-0.15, -0.1) is 0 Å². The smallest absolute Gasteiger partial charge is 0.434 e. The number of carbonyl (C=O) groups is 3. The van der Waals surface area contributed by atoms with E-state index in [0.29, 0.717) is 62.6 Å². The van der Waals surface area contributed by atoms with Crippen molar-refractivity contribution in [2.75, 3.05) is 11.4 Å². The predicted octanol–water partition coefficient (Wildman–Crippen LogP) is 3.79. The number of anilines is 2. The van der Waals surface area contributed by atoms with Crippen molar-refractivity contribution in [1.29, 1.82) is 0 Å². The Labute approximate surface area is 233 Å². The van der Waals surface area contributed by atoms with Crippen molar-refractivity contribution in [2.45, 2.75) is 62.6 Å². The monoisotopic (exact) mass is 569 g/mol. The normalized spacial score (nSPS) is 33.0. The molecule has 2 aromatic rings. The number of aliphatic carboxylic acids is 1. The number of benzene rings is 1. The Morgan fingerprint density at radius 1 is 1.05 bits per heavy atom. The Morgan fingerprint density at radius 3 is 2.32 bits per heavy atom. The molecule has 5 fully saturated rings. The van der Waals surface area contributed by atoms with Crippen LogP contribution in [-0.2, 0) is 22.2 Å². The Bertz CT molecular complexity index is 1450. The largest absolute Gasteiger partial charge is 0.479 e. The number of hydrogen-bond acceptors (Lipinski definition) is 6. The molecule has 1 aromatic carbocycles. The molecule has 0 saturated heterocycles. The zero-order valence-corrected chi connectivity index (χ0v) is 22.2. The van der Waals surface area contributed by atoms with Crippen LogP contribution in [0.2, 0.25) is 0 Å². The van der Waals surface area contributed by atoms with Gasteiger partial charge in [0, 0.05) is 24.3 Å². The molecular weight excluding hydrogens is 539 g/mol. The number of nitrogens with two attached hydrogens (primary N) is 1. The first-order valence-corrected chi connectivity index (χ1v) is 14.2. The molecular formula is C29H30F3N5O4. The minimum absolute atomic E-state index is 0.0568. The lowest BCUT2D eigenvalue weighted by Gasteiger charge is -2.59. The van der Waals surface area contributed by atoms with Crippen LogP contribution in [0.5, 0.6) is 0 Å². The van der Waals surface area contributed by atoms with Gasteiger partial charge in [-0.05, 0) is 91.7 Å². The fourth-order valence-corrected chi connectivity index (χ4v) is 8.41. The Hall–Kier alpha value is -3.70. The van der Waals surface area contributed by atoms with Crippen LogP contribution in [0.25, 0.3) is 0 Å². The lowest BCUT2D eigenvalue weighted by atomic mass is 9.48. The van der Waals surface area contributed by atoms with Crippen molar-refractivity contribution in [3.63, 3.8) is 0 Å². The molecule has 216 valence electrons. The van der Waals surface area contributed by atoms with Gasteiger partial charge in [0.1, 0.15) is 5.54 Å². The molecule has 9 nitrogen and oxygen atoms in total. The summed E-state index contributed by atoms with van der Waals surface area (Å²) in [4.78, 5) is 47.1. The highest BCUT2D eigenvalue weighted by Gasteiger charge is 2.62. The number of hydrogen-bond donors (Lipinski definition) is 3. The average Bonchev–Trinajstić information content (AvgIpc) is 3.62. The number of rotatable bonds is 6. The van der Waals surface area contributed by atoms with Gasteiger partial charge in [0.25, 0.3) is 5.91 Å². The summed E-state index contributed by atoms with van der Waals surface area (Å²) in [6.07, 6.45) is 0.804. The van der Waals surface area contributed by atoms with E-state index in [9.17, 15) is 32.7 Å². The molecule has 12 heteroatoms. The van der Waals surface area contributed by atoms with Crippen LogP contribution in [0.4, 0.5) is 24.8 Å². The van der Waals surface area contributed by atoms with E-state index in [1.165, 1.54) is 0 Å². The summed E-state index contributed by atoms with van der Waals surface area (Å²) in [6.45, 7) is 0.347. The quantitative estimate of drug-likeness (QED) is 0.481. The van der Waals surface area contributed by atoms with E-state index in [-0.39, 0.29) is 35.5 Å². The first kappa shape index (κ1) is 26.2. The average molecular weight is 570 g/mol. The molecule has 41 heavy (non-hydrogen) atoms. The van der Waals surface area contributed by atoms with Gasteiger partial charge in [-0.3, -0.25) is 9.59 Å². The molecule has 8 rings (SSSR count). The maximum absolute atomic E-state index is 14.3. The molecule has 1 aliphatic heterocycles. The van der Waals surface area contributed by atoms with Gasteiger partial charge >= 0.3 is 12.1 Å². The minimum atomic E-state index is -4.97. The van der Waals surface area contributed by atoms with Gasteiger partial charge in [0.2, 0.25) is 11.9 Å². The predicted molar refractivity (Wildman–Crippen MR) is 139 cm³/mol. The number of nitrogens with one attached hydrogen (secondary N) is 1. The lowest BCUT2D eigenvalue weighted by Crippen LogP contribution is -2.70. The molecule has 5 aliphatic carbocycles. The molecule has 0 spiro atoms. The highest BCUT2D eigenvalue weighted by atomic mass is 19.4. The van der Waals surface area contributed by atoms with Gasteiger partial charge in [-0.2, -0.15) is 13.2 Å². The number of primary amides is 1. The standard InChI is InChI=1S/C29H30F3N5O4/c30-29(31,32)23-21(25(39)36-28(26(40)41)17-6-13-5-14(8-17)9-18(28)7-13)12-34-27(35-23)37-4-3-16-10-15(1-2-22(16)37)19-11-20(19)24(33)38/h1-2,10,12-14,17-20H,3-9,11H2,(H2,33,38)(H,36,39)(H,40,41). The van der Waals surface area contributed by atoms with Crippen LogP contribution in [0.3, 0.4) is 0 Å². The molecule has 0 radical (unpaired) electrons. The fourth-order valence-electron chi connectivity index (χ4n) is 8.41. The topological polar surface area (TPSA) is 139 Å². The maximum atomic E-state index is 14.3. The van der Waals surface area contributed by atoms with E-state index in [1.54, 1.807) is 11.0 Å². The third-order valence-electron chi connectivity index (χ3n) is 10.2. The molecule has 4 N–H and O–H groups in total. The summed E-state index contributed by atoms with van der Waals surface area (Å²) in [5.41, 5.74) is 4.18. The Morgan fingerprint density at radius 2 is 1.73 bits per heavy atom. The zero-order chi connectivity index (χ0) is 28.8. The number of carboxylic acids is 1. The second-order valence-corrected chi connectivity index (χ2v) is 12.5. The van der Waals surface area contributed by atoms with Crippen molar-refractivity contribution in [1.82, 2.24) is 15.3 Å². The Balaban J connectivity index is 1.18. The van der Waals surface area contributed by atoms with Crippen LogP contribution in [0.1, 0.15) is 71.6 Å². The SMILES string of the molecule is NC(=O)C1CC1c1ccc2c(c1)CCN2c1ncc(C(=O)NC2(C(=O)O)C3CC4CC(C3)CC2C4)c(C(F)(F)F)n1. The van der Waals surface area contributed by atoms with E-state index >= 15 is 0 Å². The third kappa shape index (κ3) is 4.08. The number of alkyl halides is 3. The summed E-state index contributed by atoms with van der Waals surface area (Å²) in [5, 5.41) is 12.9. The van der Waals surface area contributed by atoms with Crippen molar-refractivity contribution >= 4 is 29.4 Å². The number of aromatic nitrogens is 2. The van der Waals surface area contributed by atoms with Gasteiger partial charge in [-0.1, -0.05) is 12.1 Å². The number of halogens is 3. The van der Waals surface area contributed by atoms with E-state index in [2.05, 4.69) is 15.3 Å². The van der Waals surface area contributed by atoms with E-state index < -0.39 is 34.8 Å². The summed E-state index contributed by atoms with van der Waals surface area (Å²) in [6, 6.07) is 5.58. The van der Waals surface area contributed by atoms with Crippen LogP contribution in [0.15, 0.2) is 24.4 Å². The van der Waals surface area contributed by atoms with Crippen molar-refractivity contribution < 1.29 is 32.7 Å². The number of fused-ring (bicyclic) bond motifs is 1. The van der Waals surface area contributed by atoms with Gasteiger partial charge < -0.3 is 21.1 Å². The molecule has 6 aliphatic rings. The second kappa shape index (κ2) is 8.90. The second-order valence-electron chi connectivity index (χ2n) is 12.5. The molecule has 2 amide bonds. The summed E-state index contributed by atoms with van der Waals surface area (Å²) >= 11 is 0. The molecule has 2 heterocycles. The van der Waals surface area contributed by atoms with Gasteiger partial charge in [0.15, 0.2) is 5.69 Å². The highest BCUT2D eigenvalue weighted by molar-refractivity contribution is 5.99. The fraction of sp³-hybridized carbons (Fsp3) is 0.552. The number of carboxylic acid groups (broad SMARTS) is 1. The van der Waals surface area contributed by atoms with Crippen LogP contribution < -0.4 is 16.0 Å². The molecule has 2 atom stereocenters. The van der Waals surface area contributed by atoms with Crippen LogP contribution in [0, 0.1) is 29.6 Å². The molecule has 2 unspecified atom stereocenters. The number of amides is 2. The summed E-state index contributed by atoms with van der Waals surface area (Å²) < 4.78 is 42.9. The number of carbonyl (C=O) groups excluding carboxylic acids is 2. The van der Waals surface area contributed by atoms with E-state index in [0.717, 1.165) is 23.7 Å². The van der Waals surface area contributed by atoms with E-state index in [4.69, 9.17) is 5.73 Å². The first-order valence-electron chi connectivity index (χ1n) is 14.2. The van der Waals surface area contributed by atoms with Gasteiger partial charge in [-0.25, -0.2) is 14.8 Å². The van der Waals surface area contributed by atoms with Gasteiger partial charge in [0.05, 0.1) is 5.56 Å². The Kier molecular flexibility index (Phi) is 5.69. The van der Waals surface area contributed by atoms with Crippen LogP contribution in [-0.4, -0.2) is 44.9 Å². The lowest BCUT2D eigenvalue weighted by molar-refractivity contribution is -0.163. The van der Waals surface area contributed by atoms with Crippen molar-refractivity contribution in [2.24, 2.45) is 35.3 Å². The minimum Gasteiger partial charge on any atom is -0.479 e. The molecule has 4 bridgehead atoms. The van der Waals surface area contributed by atoms with Crippen LogP contribution >= 0.6 is 0 Å². The molecule has 1 aromatic heterocycles. The first-order chi connectivity index (χ1) is 19.5. The molecule has 5 saturated carbocycles. The van der Waals surface area contributed by atoms with E-state index in [1.807, 2.05) is 12.1 Å². The number of nitrogens with zero attached hydrogens (tertiary/aromatic N) is 3. The zero-order valence-electron chi connectivity index (χ0n) is 22.2.